The van der Waals surface area contributed by atoms with E-state index in [0.717, 1.165) is 6.42 Å². The Hall–Kier alpha value is -2.31. The fourth-order valence-electron chi connectivity index (χ4n) is 3.77. The first kappa shape index (κ1) is 14.3. The second kappa shape index (κ2) is 4.84. The van der Waals surface area contributed by atoms with Crippen molar-refractivity contribution in [3.8, 4) is 0 Å². The molecule has 3 aliphatic rings. The van der Waals surface area contributed by atoms with E-state index in [9.17, 15) is 14.4 Å². The Morgan fingerprint density at radius 3 is 2.83 bits per heavy atom. The van der Waals surface area contributed by atoms with Gasteiger partial charge in [-0.15, -0.1) is 0 Å². The van der Waals surface area contributed by atoms with Crippen LogP contribution in [0.2, 0.25) is 0 Å². The molecule has 0 bridgehead atoms. The Morgan fingerprint density at radius 2 is 2.09 bits per heavy atom. The number of hydrogen-bond acceptors (Lipinski definition) is 5. The van der Waals surface area contributed by atoms with Crippen LogP contribution in [0, 0.1) is 0 Å². The smallest absolute Gasteiger partial charge is 0.410 e. The molecule has 1 aromatic heterocycles. The van der Waals surface area contributed by atoms with Gasteiger partial charge in [0.25, 0.3) is 5.91 Å². The number of ether oxygens (including phenoxy) is 1. The number of likely N-dealkylation sites (tertiary alicyclic amines) is 1. The SMILES string of the molecule is CN1C[C@]2(CCN(C(=O)c3coc4c3C(=O)CCC4)C2)OC1=O. The monoisotopic (exact) mass is 318 g/mol. The van der Waals surface area contributed by atoms with Crippen LogP contribution in [0.4, 0.5) is 4.79 Å². The highest BCUT2D eigenvalue weighted by Crippen LogP contribution is 2.34. The Labute approximate surface area is 133 Å². The van der Waals surface area contributed by atoms with Gasteiger partial charge in [0, 0.05) is 32.9 Å². The zero-order chi connectivity index (χ0) is 16.2. The van der Waals surface area contributed by atoms with Crippen molar-refractivity contribution in [1.29, 1.82) is 0 Å². The Morgan fingerprint density at radius 1 is 1.26 bits per heavy atom. The van der Waals surface area contributed by atoms with Gasteiger partial charge >= 0.3 is 6.09 Å². The molecule has 23 heavy (non-hydrogen) atoms. The topological polar surface area (TPSA) is 80.1 Å². The fraction of sp³-hybridized carbons (Fsp3) is 0.562. The molecule has 1 spiro atoms. The van der Waals surface area contributed by atoms with Crippen molar-refractivity contribution in [2.75, 3.05) is 26.7 Å². The Balaban J connectivity index is 1.56. The second-order valence-corrected chi connectivity index (χ2v) is 6.61. The summed E-state index contributed by atoms with van der Waals surface area (Å²) in [4.78, 5) is 39.7. The molecule has 0 radical (unpaired) electrons. The third-order valence-electron chi connectivity index (χ3n) is 4.93. The van der Waals surface area contributed by atoms with Crippen LogP contribution < -0.4 is 0 Å². The van der Waals surface area contributed by atoms with E-state index in [0.29, 0.717) is 55.8 Å². The first-order valence-corrected chi connectivity index (χ1v) is 7.86. The molecule has 2 aliphatic heterocycles. The number of amides is 2. The predicted octanol–water partition coefficient (Wildman–Crippen LogP) is 1.47. The average Bonchev–Trinajstić information content (AvgIpc) is 3.18. The number of nitrogens with zero attached hydrogens (tertiary/aromatic N) is 2. The third kappa shape index (κ3) is 2.14. The Kier molecular flexibility index (Phi) is 3.01. The highest BCUT2D eigenvalue weighted by molar-refractivity contribution is 6.09. The molecular weight excluding hydrogens is 300 g/mol. The Bertz CT molecular complexity index is 709. The van der Waals surface area contributed by atoms with Gasteiger partial charge in [0.2, 0.25) is 0 Å². The minimum Gasteiger partial charge on any atom is -0.468 e. The molecule has 1 aromatic rings. The van der Waals surface area contributed by atoms with Crippen molar-refractivity contribution in [3.63, 3.8) is 0 Å². The van der Waals surface area contributed by atoms with Crippen molar-refractivity contribution in [1.82, 2.24) is 9.80 Å². The lowest BCUT2D eigenvalue weighted by Crippen LogP contribution is -2.39. The van der Waals surface area contributed by atoms with Gasteiger partial charge in [-0.3, -0.25) is 9.59 Å². The molecule has 0 unspecified atom stereocenters. The van der Waals surface area contributed by atoms with Gasteiger partial charge in [-0.25, -0.2) is 4.79 Å². The molecule has 7 heteroatoms. The van der Waals surface area contributed by atoms with Crippen LogP contribution in [0.15, 0.2) is 10.7 Å². The van der Waals surface area contributed by atoms with Crippen molar-refractivity contribution in [2.45, 2.75) is 31.3 Å². The summed E-state index contributed by atoms with van der Waals surface area (Å²) in [6.07, 6.45) is 3.58. The van der Waals surface area contributed by atoms with E-state index < -0.39 is 5.60 Å². The highest BCUT2D eigenvalue weighted by Gasteiger charge is 2.50. The van der Waals surface area contributed by atoms with E-state index in [1.165, 1.54) is 11.2 Å². The quantitative estimate of drug-likeness (QED) is 0.783. The molecule has 1 atom stereocenters. The number of ketones is 1. The predicted molar refractivity (Wildman–Crippen MR) is 78.3 cm³/mol. The summed E-state index contributed by atoms with van der Waals surface area (Å²) in [5.74, 6) is 0.377. The second-order valence-electron chi connectivity index (χ2n) is 6.61. The van der Waals surface area contributed by atoms with Crippen LogP contribution >= 0.6 is 0 Å². The molecule has 2 fully saturated rings. The van der Waals surface area contributed by atoms with Crippen LogP contribution in [-0.4, -0.2) is 59.9 Å². The van der Waals surface area contributed by atoms with Crippen molar-refractivity contribution < 1.29 is 23.5 Å². The van der Waals surface area contributed by atoms with Crippen LogP contribution in [0.3, 0.4) is 0 Å². The third-order valence-corrected chi connectivity index (χ3v) is 4.93. The molecule has 0 saturated carbocycles. The number of furan rings is 1. The van der Waals surface area contributed by atoms with E-state index in [-0.39, 0.29) is 17.8 Å². The van der Waals surface area contributed by atoms with Gasteiger partial charge in [-0.2, -0.15) is 0 Å². The van der Waals surface area contributed by atoms with Crippen LogP contribution in [-0.2, 0) is 11.2 Å². The number of rotatable bonds is 1. The first-order valence-electron chi connectivity index (χ1n) is 7.86. The summed E-state index contributed by atoms with van der Waals surface area (Å²) in [7, 11) is 1.69. The minimum atomic E-state index is -0.616. The van der Waals surface area contributed by atoms with E-state index in [1.54, 1.807) is 11.9 Å². The molecule has 2 amide bonds. The zero-order valence-electron chi connectivity index (χ0n) is 13.0. The fourth-order valence-corrected chi connectivity index (χ4v) is 3.77. The van der Waals surface area contributed by atoms with Gasteiger partial charge in [0.05, 0.1) is 24.2 Å². The summed E-state index contributed by atoms with van der Waals surface area (Å²) in [5.41, 5.74) is 0.178. The largest absolute Gasteiger partial charge is 0.468 e. The van der Waals surface area contributed by atoms with Gasteiger partial charge < -0.3 is 19.0 Å². The van der Waals surface area contributed by atoms with E-state index in [1.807, 2.05) is 0 Å². The normalized spacial score (nSPS) is 26.8. The lowest BCUT2D eigenvalue weighted by Gasteiger charge is -2.22. The molecule has 2 saturated heterocycles. The average molecular weight is 318 g/mol. The molecule has 7 nitrogen and oxygen atoms in total. The van der Waals surface area contributed by atoms with Gasteiger partial charge in [0.1, 0.15) is 12.0 Å². The van der Waals surface area contributed by atoms with Crippen LogP contribution in [0.25, 0.3) is 0 Å². The number of aryl methyl sites for hydroxylation is 1. The summed E-state index contributed by atoms with van der Waals surface area (Å²) in [5, 5.41) is 0. The number of carbonyl (C=O) groups is 3. The lowest BCUT2D eigenvalue weighted by atomic mass is 9.94. The maximum absolute atomic E-state index is 12.8. The molecule has 0 N–H and O–H groups in total. The van der Waals surface area contributed by atoms with E-state index in [4.69, 9.17) is 9.15 Å². The van der Waals surface area contributed by atoms with Crippen LogP contribution in [0.1, 0.15) is 45.7 Å². The highest BCUT2D eigenvalue weighted by atomic mass is 16.6. The standard InChI is InChI=1S/C16H18N2O5/c1-17-8-16(23-15(17)21)5-6-18(9-16)14(20)10-7-22-12-4-2-3-11(19)13(10)12/h7H,2-6,8-9H2,1H3/t16-/m0/s1. The zero-order valence-corrected chi connectivity index (χ0v) is 13.0. The maximum atomic E-state index is 12.8. The van der Waals surface area contributed by atoms with Gasteiger partial charge in [-0.1, -0.05) is 0 Å². The first-order chi connectivity index (χ1) is 11.0. The summed E-state index contributed by atoms with van der Waals surface area (Å²) >= 11 is 0. The summed E-state index contributed by atoms with van der Waals surface area (Å²) < 4.78 is 10.9. The number of fused-ring (bicyclic) bond motifs is 1. The van der Waals surface area contributed by atoms with E-state index in [2.05, 4.69) is 0 Å². The van der Waals surface area contributed by atoms with E-state index >= 15 is 0 Å². The molecule has 0 aromatic carbocycles. The molecule has 122 valence electrons. The maximum Gasteiger partial charge on any atom is 0.410 e. The van der Waals surface area contributed by atoms with Crippen LogP contribution in [0.5, 0.6) is 0 Å². The van der Waals surface area contributed by atoms with Gasteiger partial charge in [-0.05, 0) is 6.42 Å². The van der Waals surface area contributed by atoms with Crippen molar-refractivity contribution >= 4 is 17.8 Å². The van der Waals surface area contributed by atoms with Gasteiger partial charge in [0.15, 0.2) is 11.4 Å². The molecule has 4 rings (SSSR count). The number of Topliss-reactive ketones (excluding diaryl/α,β-unsaturated/α-hetero) is 1. The van der Waals surface area contributed by atoms with Crippen molar-refractivity contribution in [3.05, 3.63) is 23.2 Å². The number of likely N-dealkylation sites (N-methyl/N-ethyl adjacent to an activating group) is 1. The molecule has 3 heterocycles. The summed E-state index contributed by atoms with van der Waals surface area (Å²) in [6.45, 7) is 1.35. The number of carbonyl (C=O) groups excluding carboxylic acids is 3. The number of hydrogen-bond donors (Lipinski definition) is 0. The summed E-state index contributed by atoms with van der Waals surface area (Å²) in [6, 6.07) is 0. The lowest BCUT2D eigenvalue weighted by molar-refractivity contribution is 0.0552. The molecule has 1 aliphatic carbocycles. The molecular formula is C16H18N2O5. The minimum absolute atomic E-state index is 0.0238. The van der Waals surface area contributed by atoms with Crippen molar-refractivity contribution in [2.24, 2.45) is 0 Å².